The molecule has 0 aliphatic carbocycles. The molecule has 0 heterocycles. The van der Waals surface area contributed by atoms with E-state index >= 15 is 0 Å². The minimum absolute atomic E-state index is 0.170. The number of benzene rings is 2. The summed E-state index contributed by atoms with van der Waals surface area (Å²) in [4.78, 5) is 12.1. The summed E-state index contributed by atoms with van der Waals surface area (Å²) in [7, 11) is 0. The van der Waals surface area contributed by atoms with Gasteiger partial charge in [0.25, 0.3) is 5.91 Å². The average molecular weight is 335 g/mol. The summed E-state index contributed by atoms with van der Waals surface area (Å²) in [5.74, 6) is -0.543. The smallest absolute Gasteiger partial charge is 0.255 e. The lowest BCUT2D eigenvalue weighted by Crippen LogP contribution is -2.26. The van der Waals surface area contributed by atoms with Crippen LogP contribution in [0.25, 0.3) is 0 Å². The van der Waals surface area contributed by atoms with Gasteiger partial charge < -0.3 is 16.2 Å². The van der Waals surface area contributed by atoms with Gasteiger partial charge in [-0.2, -0.15) is 0 Å². The number of carbonyl (C=O) groups is 1. The molecule has 2 rings (SSSR count). The number of para-hydroxylation sites is 1. The Bertz CT molecular complexity index is 626. The van der Waals surface area contributed by atoms with E-state index in [1.807, 2.05) is 31.2 Å². The zero-order valence-corrected chi connectivity index (χ0v) is 12.5. The van der Waals surface area contributed by atoms with E-state index in [1.165, 1.54) is 6.07 Å². The zero-order chi connectivity index (χ0) is 14.7. The number of carbonyl (C=O) groups excluding carboxylic acids is 1. The maximum absolute atomic E-state index is 12.1. The third-order valence-corrected chi connectivity index (χ3v) is 3.56. The molecule has 4 nitrogen and oxygen atoms in total. The van der Waals surface area contributed by atoms with Crippen LogP contribution in [0.2, 0.25) is 0 Å². The Hall–Kier alpha value is -2.01. The average Bonchev–Trinajstić information content (AvgIpc) is 2.42. The summed E-state index contributed by atoms with van der Waals surface area (Å²) in [6.45, 7) is 1.88. The number of halogens is 1. The number of amides is 1. The van der Waals surface area contributed by atoms with E-state index in [0.29, 0.717) is 0 Å². The van der Waals surface area contributed by atoms with Crippen LogP contribution >= 0.6 is 15.9 Å². The quantitative estimate of drug-likeness (QED) is 0.595. The monoisotopic (exact) mass is 334 g/mol. The summed E-state index contributed by atoms with van der Waals surface area (Å²) >= 11 is 3.37. The summed E-state index contributed by atoms with van der Waals surface area (Å²) in [6, 6.07) is 12.2. The molecule has 1 amide bonds. The van der Waals surface area contributed by atoms with Crippen molar-refractivity contribution in [2.24, 2.45) is 0 Å². The Morgan fingerprint density at radius 2 is 1.90 bits per heavy atom. The van der Waals surface area contributed by atoms with Gasteiger partial charge in [-0.25, -0.2) is 0 Å². The molecule has 0 fully saturated rings. The summed E-state index contributed by atoms with van der Waals surface area (Å²) in [5.41, 5.74) is 6.92. The highest BCUT2D eigenvalue weighted by molar-refractivity contribution is 9.10. The second-order valence-electron chi connectivity index (χ2n) is 4.49. The van der Waals surface area contributed by atoms with Crippen molar-refractivity contribution < 1.29 is 9.90 Å². The van der Waals surface area contributed by atoms with E-state index < -0.39 is 0 Å². The molecule has 0 aliphatic rings. The second kappa shape index (κ2) is 5.96. The maximum atomic E-state index is 12.1. The fourth-order valence-electron chi connectivity index (χ4n) is 1.85. The predicted molar refractivity (Wildman–Crippen MR) is 82.5 cm³/mol. The SMILES string of the molecule is C[C@@H](NC(=O)c1cccc(N)c1O)c1ccc(Br)cc1. The fraction of sp³-hybridized carbons (Fsp3) is 0.133. The normalized spacial score (nSPS) is 11.9. The number of anilines is 1. The third kappa shape index (κ3) is 3.11. The molecule has 4 N–H and O–H groups in total. The highest BCUT2D eigenvalue weighted by Crippen LogP contribution is 2.25. The van der Waals surface area contributed by atoms with Crippen molar-refractivity contribution in [3.63, 3.8) is 0 Å². The van der Waals surface area contributed by atoms with Crippen molar-refractivity contribution in [2.45, 2.75) is 13.0 Å². The van der Waals surface area contributed by atoms with Crippen LogP contribution in [0.15, 0.2) is 46.9 Å². The molecule has 2 aromatic carbocycles. The van der Waals surface area contributed by atoms with Crippen molar-refractivity contribution in [2.75, 3.05) is 5.73 Å². The van der Waals surface area contributed by atoms with Crippen LogP contribution in [0, 0.1) is 0 Å². The topological polar surface area (TPSA) is 75.4 Å². The molecule has 0 saturated carbocycles. The molecule has 0 aromatic heterocycles. The summed E-state index contributed by atoms with van der Waals surface area (Å²) in [6.07, 6.45) is 0. The highest BCUT2D eigenvalue weighted by Gasteiger charge is 2.15. The molecule has 20 heavy (non-hydrogen) atoms. The highest BCUT2D eigenvalue weighted by atomic mass is 79.9. The van der Waals surface area contributed by atoms with Crippen LogP contribution in [-0.4, -0.2) is 11.0 Å². The first-order chi connectivity index (χ1) is 9.49. The van der Waals surface area contributed by atoms with Gasteiger partial charge in [-0.15, -0.1) is 0 Å². The van der Waals surface area contributed by atoms with Crippen LogP contribution in [0.3, 0.4) is 0 Å². The van der Waals surface area contributed by atoms with Gasteiger partial charge in [-0.05, 0) is 36.8 Å². The van der Waals surface area contributed by atoms with Crippen molar-refractivity contribution in [3.05, 3.63) is 58.1 Å². The molecule has 0 saturated heterocycles. The van der Waals surface area contributed by atoms with Gasteiger partial charge in [0.05, 0.1) is 17.3 Å². The van der Waals surface area contributed by atoms with E-state index in [9.17, 15) is 9.90 Å². The fourth-order valence-corrected chi connectivity index (χ4v) is 2.12. The minimum atomic E-state index is -0.356. The van der Waals surface area contributed by atoms with Crippen molar-refractivity contribution >= 4 is 27.5 Å². The molecule has 0 radical (unpaired) electrons. The Kier molecular flexibility index (Phi) is 4.29. The summed E-state index contributed by atoms with van der Waals surface area (Å²) < 4.78 is 0.980. The Morgan fingerprint density at radius 1 is 1.25 bits per heavy atom. The number of nitrogens with two attached hydrogens (primary N) is 1. The second-order valence-corrected chi connectivity index (χ2v) is 5.41. The van der Waals surface area contributed by atoms with Crippen LogP contribution in [0.4, 0.5) is 5.69 Å². The molecular formula is C15H15BrN2O2. The molecule has 0 spiro atoms. The van der Waals surface area contributed by atoms with E-state index in [2.05, 4.69) is 21.2 Å². The molecule has 0 bridgehead atoms. The van der Waals surface area contributed by atoms with Gasteiger partial charge in [0, 0.05) is 4.47 Å². The van der Waals surface area contributed by atoms with Crippen molar-refractivity contribution in [1.82, 2.24) is 5.32 Å². The Morgan fingerprint density at radius 3 is 2.55 bits per heavy atom. The van der Waals surface area contributed by atoms with E-state index in [0.717, 1.165) is 10.0 Å². The van der Waals surface area contributed by atoms with Crippen LogP contribution < -0.4 is 11.1 Å². The van der Waals surface area contributed by atoms with Crippen LogP contribution in [0.5, 0.6) is 5.75 Å². The Balaban J connectivity index is 2.15. The standard InChI is InChI=1S/C15H15BrN2O2/c1-9(10-5-7-11(16)8-6-10)18-15(20)12-3-2-4-13(17)14(12)19/h2-9,19H,17H2,1H3,(H,18,20)/t9-/m1/s1. The van der Waals surface area contributed by atoms with Crippen molar-refractivity contribution in [3.8, 4) is 5.75 Å². The largest absolute Gasteiger partial charge is 0.505 e. The van der Waals surface area contributed by atoms with E-state index in [-0.39, 0.29) is 28.9 Å². The molecule has 1 atom stereocenters. The number of nitrogens with one attached hydrogen (secondary N) is 1. The lowest BCUT2D eigenvalue weighted by Gasteiger charge is -2.15. The van der Waals surface area contributed by atoms with Gasteiger partial charge >= 0.3 is 0 Å². The number of phenolic OH excluding ortho intramolecular Hbond substituents is 1. The first kappa shape index (κ1) is 14.4. The van der Waals surface area contributed by atoms with Gasteiger partial charge in [0.2, 0.25) is 0 Å². The molecule has 0 aliphatic heterocycles. The first-order valence-electron chi connectivity index (χ1n) is 6.13. The molecule has 104 valence electrons. The number of hydrogen-bond acceptors (Lipinski definition) is 3. The third-order valence-electron chi connectivity index (χ3n) is 3.03. The minimum Gasteiger partial charge on any atom is -0.505 e. The summed E-state index contributed by atoms with van der Waals surface area (Å²) in [5, 5.41) is 12.6. The lowest BCUT2D eigenvalue weighted by atomic mass is 10.1. The number of aromatic hydroxyl groups is 1. The molecule has 5 heteroatoms. The van der Waals surface area contributed by atoms with E-state index in [1.54, 1.807) is 12.1 Å². The zero-order valence-electron chi connectivity index (χ0n) is 10.9. The van der Waals surface area contributed by atoms with Gasteiger partial charge in [-0.3, -0.25) is 4.79 Å². The first-order valence-corrected chi connectivity index (χ1v) is 6.92. The maximum Gasteiger partial charge on any atom is 0.255 e. The van der Waals surface area contributed by atoms with E-state index in [4.69, 9.17) is 5.73 Å². The molecule has 0 unspecified atom stereocenters. The lowest BCUT2D eigenvalue weighted by molar-refractivity contribution is 0.0937. The number of nitrogen functional groups attached to an aromatic ring is 1. The van der Waals surface area contributed by atoms with Gasteiger partial charge in [0.1, 0.15) is 0 Å². The van der Waals surface area contributed by atoms with Gasteiger partial charge in [0.15, 0.2) is 5.75 Å². The van der Waals surface area contributed by atoms with Crippen LogP contribution in [-0.2, 0) is 0 Å². The number of hydrogen-bond donors (Lipinski definition) is 3. The number of phenols is 1. The van der Waals surface area contributed by atoms with Crippen molar-refractivity contribution in [1.29, 1.82) is 0 Å². The predicted octanol–water partition coefficient (Wildman–Crippen LogP) is 3.23. The number of rotatable bonds is 3. The molecular weight excluding hydrogens is 320 g/mol. The molecule has 2 aromatic rings. The van der Waals surface area contributed by atoms with Crippen LogP contribution in [0.1, 0.15) is 28.9 Å². The Labute approximate surface area is 125 Å². The van der Waals surface area contributed by atoms with Gasteiger partial charge in [-0.1, -0.05) is 34.1 Å².